The van der Waals surface area contributed by atoms with E-state index in [9.17, 15) is 4.79 Å². The number of rotatable bonds is 8. The molecule has 208 valence electrons. The topological polar surface area (TPSA) is 158 Å². The molecule has 0 aliphatic carbocycles. The van der Waals surface area contributed by atoms with Gasteiger partial charge in [-0.15, -0.1) is 29.9 Å². The molecule has 14 heteroatoms. The van der Waals surface area contributed by atoms with E-state index in [4.69, 9.17) is 16.1 Å². The Balaban J connectivity index is 0.00000210. The molecule has 0 saturated carbocycles. The zero-order valence-corrected chi connectivity index (χ0v) is 23.6. The Morgan fingerprint density at radius 3 is 2.49 bits per heavy atom. The maximum Gasteiger partial charge on any atom is 0.266 e. The molecule has 0 radical (unpaired) electrons. The Hall–Kier alpha value is -3.90. The normalized spacial score (nSPS) is 14.3. The van der Waals surface area contributed by atoms with E-state index in [0.29, 0.717) is 18.1 Å². The smallest absolute Gasteiger partial charge is 0.266 e. The fourth-order valence-electron chi connectivity index (χ4n) is 4.85. The maximum absolute atomic E-state index is 13.9. The summed E-state index contributed by atoms with van der Waals surface area (Å²) in [6, 6.07) is 13.4. The second-order valence-electron chi connectivity index (χ2n) is 9.48. The van der Waals surface area contributed by atoms with Gasteiger partial charge in [-0.1, -0.05) is 11.2 Å². The number of carbonyl (C=O) groups excluding carboxylic acids is 1. The molecule has 3 heterocycles. The van der Waals surface area contributed by atoms with Gasteiger partial charge in [-0.3, -0.25) is 10.2 Å². The molecular weight excluding hydrogens is 541 g/mol. The number of H-pyrrole nitrogens is 1. The molecule has 0 spiro atoms. The molecule has 2 aromatic heterocycles. The number of amides is 1. The van der Waals surface area contributed by atoms with Crippen molar-refractivity contribution in [3.63, 3.8) is 0 Å². The number of nitrogen functional groups attached to an aromatic ring is 1. The molecule has 0 bridgehead atoms. The molecule has 2 aromatic carbocycles. The van der Waals surface area contributed by atoms with E-state index in [1.54, 1.807) is 4.90 Å². The molecule has 39 heavy (non-hydrogen) atoms. The fraction of sp³-hybridized carbons (Fsp3) is 0.360. The molecule has 4 aromatic rings. The highest BCUT2D eigenvalue weighted by Gasteiger charge is 2.44. The fourth-order valence-corrected chi connectivity index (χ4v) is 4.85. The lowest BCUT2D eigenvalue weighted by Gasteiger charge is -2.39. The van der Waals surface area contributed by atoms with Crippen LogP contribution in [0.25, 0.3) is 11.0 Å². The van der Waals surface area contributed by atoms with Gasteiger partial charge in [0.1, 0.15) is 17.2 Å². The highest BCUT2D eigenvalue weighted by atomic mass is 35.5. The van der Waals surface area contributed by atoms with E-state index in [1.807, 2.05) is 73.0 Å². The number of halogens is 2. The first-order valence-electron chi connectivity index (χ1n) is 12.2. The van der Waals surface area contributed by atoms with Gasteiger partial charge < -0.3 is 25.4 Å². The third-order valence-electron chi connectivity index (χ3n) is 7.30. The van der Waals surface area contributed by atoms with E-state index in [2.05, 4.69) is 25.9 Å². The first-order chi connectivity index (χ1) is 17.8. The minimum absolute atomic E-state index is 0. The van der Waals surface area contributed by atoms with Crippen molar-refractivity contribution in [2.45, 2.75) is 31.8 Å². The van der Waals surface area contributed by atoms with Crippen LogP contribution >= 0.6 is 24.8 Å². The lowest BCUT2D eigenvalue weighted by Crippen LogP contribution is -2.54. The predicted molar refractivity (Wildman–Crippen MR) is 156 cm³/mol. The Morgan fingerprint density at radius 1 is 1.18 bits per heavy atom. The molecule has 5 rings (SSSR count). The number of hydrogen-bond acceptors (Lipinski definition) is 8. The number of amidine groups is 1. The second kappa shape index (κ2) is 11.9. The SMILES string of the molecule is CN(c1nn[nH]n1)C(C)(C(=O)N1CCCC1)c1ccc2c(c1)nc(CNc1ccc(C(=N)N)cc1)n2C.Cl.Cl. The van der Waals surface area contributed by atoms with Gasteiger partial charge >= 0.3 is 0 Å². The minimum atomic E-state index is -1.04. The van der Waals surface area contributed by atoms with Crippen LogP contribution in [0.4, 0.5) is 11.6 Å². The Morgan fingerprint density at radius 2 is 1.87 bits per heavy atom. The summed E-state index contributed by atoms with van der Waals surface area (Å²) in [6.07, 6.45) is 2.00. The third-order valence-corrected chi connectivity index (χ3v) is 7.30. The molecule has 1 unspecified atom stereocenters. The lowest BCUT2D eigenvalue weighted by molar-refractivity contribution is -0.135. The zero-order valence-electron chi connectivity index (χ0n) is 22.0. The molecule has 1 fully saturated rings. The van der Waals surface area contributed by atoms with Crippen molar-refractivity contribution in [2.24, 2.45) is 12.8 Å². The first kappa shape index (κ1) is 29.7. The number of tetrazole rings is 1. The molecule has 12 nitrogen and oxygen atoms in total. The summed E-state index contributed by atoms with van der Waals surface area (Å²) in [5.41, 5.74) is 8.65. The van der Waals surface area contributed by atoms with Crippen molar-refractivity contribution in [3.05, 3.63) is 59.4 Å². The number of anilines is 2. The van der Waals surface area contributed by atoms with E-state index >= 15 is 0 Å². The number of likely N-dealkylation sites (tertiary alicyclic amines) is 1. The minimum Gasteiger partial charge on any atom is -0.384 e. The molecule has 1 aliphatic rings. The Bertz CT molecular complexity index is 1430. The number of benzene rings is 2. The summed E-state index contributed by atoms with van der Waals surface area (Å²) in [6.45, 7) is 3.89. The number of carbonyl (C=O) groups is 1. The highest BCUT2D eigenvalue weighted by Crippen LogP contribution is 2.34. The first-order valence-corrected chi connectivity index (χ1v) is 12.2. The number of nitrogens with one attached hydrogen (secondary N) is 3. The molecule has 1 amide bonds. The van der Waals surface area contributed by atoms with Gasteiger partial charge in [0.2, 0.25) is 0 Å². The van der Waals surface area contributed by atoms with Gasteiger partial charge in [0.05, 0.1) is 17.6 Å². The average molecular weight is 575 g/mol. The van der Waals surface area contributed by atoms with E-state index in [1.165, 1.54) is 0 Å². The highest BCUT2D eigenvalue weighted by molar-refractivity contribution is 5.95. The number of hydrogen-bond donors (Lipinski definition) is 4. The van der Waals surface area contributed by atoms with Gasteiger partial charge in [-0.25, -0.2) is 4.98 Å². The van der Waals surface area contributed by atoms with Crippen molar-refractivity contribution < 1.29 is 4.79 Å². The number of aryl methyl sites for hydroxylation is 1. The third kappa shape index (κ3) is 5.48. The number of nitrogens with zero attached hydrogens (tertiary/aromatic N) is 7. The second-order valence-corrected chi connectivity index (χ2v) is 9.48. The number of likely N-dealkylation sites (N-methyl/N-ethyl adjacent to an activating group) is 1. The summed E-state index contributed by atoms with van der Waals surface area (Å²) < 4.78 is 2.04. The lowest BCUT2D eigenvalue weighted by atomic mass is 9.88. The number of aromatic nitrogens is 6. The van der Waals surface area contributed by atoms with Gasteiger partial charge in [0, 0.05) is 38.4 Å². The summed E-state index contributed by atoms with van der Waals surface area (Å²) >= 11 is 0. The van der Waals surface area contributed by atoms with Crippen molar-refractivity contribution in [3.8, 4) is 0 Å². The van der Waals surface area contributed by atoms with Crippen molar-refractivity contribution >= 4 is 59.2 Å². The maximum atomic E-state index is 13.9. The van der Waals surface area contributed by atoms with Crippen LogP contribution in [0.1, 0.15) is 36.7 Å². The van der Waals surface area contributed by atoms with Gasteiger partial charge in [0.15, 0.2) is 0 Å². The molecule has 1 saturated heterocycles. The van der Waals surface area contributed by atoms with E-state index < -0.39 is 5.54 Å². The Labute approximate surface area is 238 Å². The average Bonchev–Trinajstić information content (AvgIpc) is 3.68. The van der Waals surface area contributed by atoms with Crippen LogP contribution in [0, 0.1) is 5.41 Å². The quantitative estimate of drug-likeness (QED) is 0.185. The molecule has 1 aliphatic heterocycles. The van der Waals surface area contributed by atoms with Gasteiger partial charge in [-0.05, 0) is 66.9 Å². The molecule has 1 atom stereocenters. The summed E-state index contributed by atoms with van der Waals surface area (Å²) in [5, 5.41) is 25.3. The summed E-state index contributed by atoms with van der Waals surface area (Å²) in [5.74, 6) is 1.24. The summed E-state index contributed by atoms with van der Waals surface area (Å²) in [7, 11) is 3.79. The summed E-state index contributed by atoms with van der Waals surface area (Å²) in [4.78, 5) is 22.4. The van der Waals surface area contributed by atoms with Crippen molar-refractivity contribution in [2.75, 3.05) is 30.4 Å². The molecule has 5 N–H and O–H groups in total. The van der Waals surface area contributed by atoms with Crippen molar-refractivity contribution in [1.29, 1.82) is 5.41 Å². The van der Waals surface area contributed by atoms with E-state index in [-0.39, 0.29) is 36.6 Å². The number of imidazole rings is 1. The number of aromatic amines is 1. The monoisotopic (exact) mass is 573 g/mol. The molecular formula is C25H33Cl2N11O. The largest absolute Gasteiger partial charge is 0.384 e. The van der Waals surface area contributed by atoms with Crippen LogP contribution in [0.3, 0.4) is 0 Å². The number of fused-ring (bicyclic) bond motifs is 1. The zero-order chi connectivity index (χ0) is 26.2. The van der Waals surface area contributed by atoms with Crippen LogP contribution < -0.4 is 16.0 Å². The van der Waals surface area contributed by atoms with Crippen LogP contribution in [-0.4, -0.2) is 67.0 Å². The van der Waals surface area contributed by atoms with Crippen LogP contribution in [0.2, 0.25) is 0 Å². The van der Waals surface area contributed by atoms with Gasteiger partial charge in [0.25, 0.3) is 11.9 Å². The Kier molecular flexibility index (Phi) is 9.03. The van der Waals surface area contributed by atoms with Gasteiger partial charge in [-0.2, -0.15) is 5.21 Å². The van der Waals surface area contributed by atoms with E-state index in [0.717, 1.165) is 54.0 Å². The van der Waals surface area contributed by atoms with Crippen LogP contribution in [0.5, 0.6) is 0 Å². The van der Waals surface area contributed by atoms with Crippen LogP contribution in [-0.2, 0) is 23.9 Å². The van der Waals surface area contributed by atoms with Crippen molar-refractivity contribution in [1.82, 2.24) is 35.1 Å². The predicted octanol–water partition coefficient (Wildman–Crippen LogP) is 2.80. The van der Waals surface area contributed by atoms with Crippen LogP contribution in [0.15, 0.2) is 42.5 Å². The standard InChI is InChI=1S/C25H31N11O.2ClH/c1-25(23(37)36-12-4-5-13-36,35(3)24-30-32-33-31-24)17-8-11-20-19(14-17)29-21(34(20)2)15-28-18-9-6-16(7-10-18)22(26)27;;/h6-11,14,28H,4-5,12-13,15H2,1-3H3,(H3,26,27)(H,30,31,32,33);2*1H. The number of nitrogens with two attached hydrogens (primary N) is 1.